The monoisotopic (exact) mass is 526 g/mol. The molecule has 2 aliphatic heterocycles. The smallest absolute Gasteiger partial charge is 0.229 e. The number of rotatable bonds is 8. The second kappa shape index (κ2) is 12.2. The number of hydrogen-bond acceptors (Lipinski definition) is 9. The molecule has 37 heavy (non-hydrogen) atoms. The van der Waals surface area contributed by atoms with Gasteiger partial charge in [-0.25, -0.2) is 4.39 Å². The molecule has 9 nitrogen and oxygen atoms in total. The number of hydrazone groups is 1. The summed E-state index contributed by atoms with van der Waals surface area (Å²) in [5.41, 5.74) is 4.13. The lowest BCUT2D eigenvalue weighted by Crippen LogP contribution is -2.39. The van der Waals surface area contributed by atoms with Crippen molar-refractivity contribution in [3.63, 3.8) is 0 Å². The molecule has 3 heterocycles. The van der Waals surface area contributed by atoms with Crippen LogP contribution >= 0.6 is 11.6 Å². The first-order valence-corrected chi connectivity index (χ1v) is 12.5. The molecule has 0 bridgehead atoms. The Morgan fingerprint density at radius 2 is 1.70 bits per heavy atom. The zero-order chi connectivity index (χ0) is 25.5. The zero-order valence-electron chi connectivity index (χ0n) is 20.3. The molecule has 194 valence electrons. The van der Waals surface area contributed by atoms with E-state index in [2.05, 4.69) is 25.3 Å². The van der Waals surface area contributed by atoms with Gasteiger partial charge in [-0.3, -0.25) is 5.43 Å². The first-order chi connectivity index (χ1) is 18.2. The molecule has 0 radical (unpaired) electrons. The van der Waals surface area contributed by atoms with Gasteiger partial charge in [0.25, 0.3) is 0 Å². The van der Waals surface area contributed by atoms with E-state index in [9.17, 15) is 4.39 Å². The molecule has 2 aliphatic rings. The fourth-order valence-corrected chi connectivity index (χ4v) is 4.21. The first-order valence-electron chi connectivity index (χ1n) is 12.1. The normalized spacial score (nSPS) is 16.3. The third-order valence-corrected chi connectivity index (χ3v) is 6.26. The first kappa shape index (κ1) is 25.2. The van der Waals surface area contributed by atoms with E-state index in [1.54, 1.807) is 42.6 Å². The van der Waals surface area contributed by atoms with Gasteiger partial charge in [-0.05, 0) is 24.3 Å². The molecule has 5 rings (SSSR count). The van der Waals surface area contributed by atoms with E-state index in [4.69, 9.17) is 30.8 Å². The summed E-state index contributed by atoms with van der Waals surface area (Å²) in [4.78, 5) is 13.8. The Hall–Kier alpha value is -3.47. The molecule has 11 heteroatoms. The van der Waals surface area contributed by atoms with E-state index < -0.39 is 0 Å². The third-order valence-electron chi connectivity index (χ3n) is 6.03. The Bertz CT molecular complexity index is 1200. The lowest BCUT2D eigenvalue weighted by atomic mass is 10.2. The van der Waals surface area contributed by atoms with Gasteiger partial charge in [0.2, 0.25) is 5.95 Å². The Morgan fingerprint density at radius 1 is 0.973 bits per heavy atom. The fraction of sp³-hybridized carbons (Fsp3) is 0.346. The number of hydrogen-bond donors (Lipinski definition) is 1. The molecule has 0 unspecified atom stereocenters. The van der Waals surface area contributed by atoms with Gasteiger partial charge in [-0.1, -0.05) is 29.8 Å². The number of halogens is 2. The third kappa shape index (κ3) is 6.65. The van der Waals surface area contributed by atoms with Gasteiger partial charge in [0.05, 0.1) is 32.6 Å². The molecule has 2 aromatic carbocycles. The number of anilines is 3. The van der Waals surface area contributed by atoms with Gasteiger partial charge < -0.3 is 24.0 Å². The Balaban J connectivity index is 1.34. The van der Waals surface area contributed by atoms with Crippen LogP contribution in [0.3, 0.4) is 0 Å². The van der Waals surface area contributed by atoms with Crippen molar-refractivity contribution < 1.29 is 18.6 Å². The minimum Gasteiger partial charge on any atom is -0.488 e. The molecular formula is C26H28ClFN6O3. The summed E-state index contributed by atoms with van der Waals surface area (Å²) < 4.78 is 30.9. The van der Waals surface area contributed by atoms with Crippen molar-refractivity contribution in [3.05, 3.63) is 70.5 Å². The highest BCUT2D eigenvalue weighted by Gasteiger charge is 2.19. The molecule has 0 atom stereocenters. The highest BCUT2D eigenvalue weighted by atomic mass is 35.5. The summed E-state index contributed by atoms with van der Waals surface area (Å²) in [5, 5.41) is 4.93. The molecule has 1 aromatic heterocycles. The van der Waals surface area contributed by atoms with Crippen molar-refractivity contribution in [1.82, 2.24) is 9.97 Å². The lowest BCUT2D eigenvalue weighted by Gasteiger charge is -2.31. The van der Waals surface area contributed by atoms with Crippen LogP contribution in [-0.4, -0.2) is 68.8 Å². The van der Waals surface area contributed by atoms with Crippen molar-refractivity contribution in [2.45, 2.75) is 6.61 Å². The van der Waals surface area contributed by atoms with Gasteiger partial charge in [0, 0.05) is 48.4 Å². The van der Waals surface area contributed by atoms with Gasteiger partial charge in [0.1, 0.15) is 24.0 Å². The minimum absolute atomic E-state index is 0.0836. The Morgan fingerprint density at radius 3 is 2.46 bits per heavy atom. The summed E-state index contributed by atoms with van der Waals surface area (Å²) in [6.45, 7) is 5.62. The van der Waals surface area contributed by atoms with Gasteiger partial charge >= 0.3 is 0 Å². The lowest BCUT2D eigenvalue weighted by molar-refractivity contribution is 0.121. The number of ether oxygens (including phenoxy) is 3. The topological polar surface area (TPSA) is 84.3 Å². The standard InChI is InChI=1S/C26H28ClFN6O3/c27-21-5-6-23(37-18-19-3-1-2-4-22(19)28)20(15-21)17-29-32-24-16-25(33-7-11-35-12-8-33)31-26(30-24)34-9-13-36-14-10-34/h1-6,15-17H,7-14,18H2,(H,30,31,32)/b29-17-. The van der Waals surface area contributed by atoms with Crippen LogP contribution in [0.1, 0.15) is 11.1 Å². The van der Waals surface area contributed by atoms with Gasteiger partial charge in [0.15, 0.2) is 5.82 Å². The number of morpholine rings is 2. The average Bonchev–Trinajstić information content (AvgIpc) is 2.94. The number of aromatic nitrogens is 2. The Kier molecular flexibility index (Phi) is 8.29. The highest BCUT2D eigenvalue weighted by molar-refractivity contribution is 6.30. The number of benzene rings is 2. The van der Waals surface area contributed by atoms with E-state index in [0.717, 1.165) is 32.0 Å². The molecule has 2 fully saturated rings. The molecular weight excluding hydrogens is 499 g/mol. The van der Waals surface area contributed by atoms with E-state index in [1.807, 2.05) is 6.07 Å². The van der Waals surface area contributed by atoms with Crippen LogP contribution in [0.4, 0.5) is 22.0 Å². The number of nitrogens with zero attached hydrogens (tertiary/aromatic N) is 5. The molecule has 2 saturated heterocycles. The van der Waals surface area contributed by atoms with Crippen molar-refractivity contribution in [2.75, 3.05) is 67.8 Å². The van der Waals surface area contributed by atoms with Crippen LogP contribution in [0.15, 0.2) is 53.6 Å². The van der Waals surface area contributed by atoms with Crippen LogP contribution in [0.2, 0.25) is 5.02 Å². The van der Waals surface area contributed by atoms with Crippen LogP contribution in [0.5, 0.6) is 5.75 Å². The van der Waals surface area contributed by atoms with Crippen molar-refractivity contribution in [1.29, 1.82) is 0 Å². The SMILES string of the molecule is Fc1ccccc1COc1ccc(Cl)cc1/C=N\Nc1cc(N2CCOCC2)nc(N2CCOCC2)n1. The molecule has 1 N–H and O–H groups in total. The second-order valence-corrected chi connectivity index (χ2v) is 8.98. The van der Waals surface area contributed by atoms with Crippen molar-refractivity contribution >= 4 is 35.4 Å². The predicted octanol–water partition coefficient (Wildman–Crippen LogP) is 3.97. The zero-order valence-corrected chi connectivity index (χ0v) is 21.0. The Labute approximate surface area is 219 Å². The van der Waals surface area contributed by atoms with E-state index in [0.29, 0.717) is 60.1 Å². The second-order valence-electron chi connectivity index (χ2n) is 8.54. The molecule has 0 saturated carbocycles. The summed E-state index contributed by atoms with van der Waals surface area (Å²) in [6.07, 6.45) is 1.60. The summed E-state index contributed by atoms with van der Waals surface area (Å²) in [5.74, 6) is 2.22. The van der Waals surface area contributed by atoms with E-state index in [-0.39, 0.29) is 12.4 Å². The maximum atomic E-state index is 14.0. The van der Waals surface area contributed by atoms with Crippen molar-refractivity contribution in [3.8, 4) is 5.75 Å². The van der Waals surface area contributed by atoms with Crippen LogP contribution in [0.25, 0.3) is 0 Å². The van der Waals surface area contributed by atoms with E-state index >= 15 is 0 Å². The molecule has 0 amide bonds. The van der Waals surface area contributed by atoms with Crippen LogP contribution < -0.4 is 20.0 Å². The summed E-state index contributed by atoms with van der Waals surface area (Å²) in [6, 6.07) is 13.6. The largest absolute Gasteiger partial charge is 0.488 e. The van der Waals surface area contributed by atoms with Gasteiger partial charge in [-0.15, -0.1) is 0 Å². The maximum Gasteiger partial charge on any atom is 0.229 e. The van der Waals surface area contributed by atoms with Gasteiger partial charge in [-0.2, -0.15) is 15.1 Å². The van der Waals surface area contributed by atoms with Crippen LogP contribution in [0, 0.1) is 5.82 Å². The quantitative estimate of drug-likeness (QED) is 0.349. The molecule has 0 aliphatic carbocycles. The minimum atomic E-state index is -0.316. The average molecular weight is 527 g/mol. The number of nitrogens with one attached hydrogen (secondary N) is 1. The highest BCUT2D eigenvalue weighted by Crippen LogP contribution is 2.24. The maximum absolute atomic E-state index is 14.0. The van der Waals surface area contributed by atoms with Crippen molar-refractivity contribution in [2.24, 2.45) is 5.10 Å². The predicted molar refractivity (Wildman–Crippen MR) is 141 cm³/mol. The summed E-state index contributed by atoms with van der Waals surface area (Å²) in [7, 11) is 0. The fourth-order valence-electron chi connectivity index (χ4n) is 4.03. The summed E-state index contributed by atoms with van der Waals surface area (Å²) >= 11 is 6.22. The van der Waals surface area contributed by atoms with E-state index in [1.165, 1.54) is 6.07 Å². The molecule has 3 aromatic rings. The molecule has 0 spiro atoms. The van der Waals surface area contributed by atoms with Crippen LogP contribution in [-0.2, 0) is 16.1 Å².